The van der Waals surface area contributed by atoms with Crippen LogP contribution in [0.4, 0.5) is 27.5 Å². The van der Waals surface area contributed by atoms with Crippen LogP contribution < -0.4 is 20.0 Å². The first-order valence-corrected chi connectivity index (χ1v) is 33.2. The normalized spacial score (nSPS) is 16.6. The van der Waals surface area contributed by atoms with Gasteiger partial charge in [0.05, 0.1) is 89.8 Å². The van der Waals surface area contributed by atoms with Crippen LogP contribution in [0.3, 0.4) is 0 Å². The van der Waals surface area contributed by atoms with E-state index in [1.807, 2.05) is 82.6 Å². The molecule has 6 aromatic rings. The van der Waals surface area contributed by atoms with Gasteiger partial charge < -0.3 is 48.2 Å². The molecule has 7 aliphatic rings. The molecule has 0 saturated carbocycles. The number of carbonyl (C=O) groups is 9. The van der Waals surface area contributed by atoms with Gasteiger partial charge in [0.2, 0.25) is 17.7 Å². The standard InChI is InChI=1S/C33H37N3O5.C16H20N2O4.C15H18N2O4.C11H10O3/c1-33(2,3)41-32(39)34-28-11-9-24(23-7-5-4-6-8-23)19-26(28)21-30(37)25-10-12-29-27(20-25)22-31(38)36(29)14-13-35-15-17-40-18-16-35;1-21-16(20)12-2-3-14-13(10-12)11-15(19)18(14)5-4-17-6-8-22-9-7-17;18-14-10-12-9-11(15(19)20)1-2-13(12)17(14)4-3-16-5-7-21-8-6-16;1-14-11(13)8-3-2-7-5-10(12)6-9(7)4-8/h4-12,19-20H,13-18,21-22H2,1-3H3,(H,34,39);2-3,10H,4-9,11H2,1H3;1-2,9H,3-8,10H2,(H,19,20);2-4H,5-6H2,1H3. The smallest absolute Gasteiger partial charge is 0.412 e. The van der Waals surface area contributed by atoms with Gasteiger partial charge >= 0.3 is 24.0 Å². The fourth-order valence-corrected chi connectivity index (χ4v) is 12.7. The highest BCUT2D eigenvalue weighted by Gasteiger charge is 2.32. The molecule has 0 unspecified atom stereocenters. The Kier molecular flexibility index (Phi) is 24.1. The quantitative estimate of drug-likeness (QED) is 0.0501. The fraction of sp³-hybridized carbons (Fsp3) is 0.400. The number of methoxy groups -OCH3 is 2. The molecule has 0 aromatic heterocycles. The van der Waals surface area contributed by atoms with Crippen molar-refractivity contribution < 1.29 is 76.7 Å². The number of anilines is 4. The molecule has 6 aliphatic heterocycles. The number of hydrogen-bond donors (Lipinski definition) is 2. The number of fused-ring (bicyclic) bond motifs is 4. The lowest BCUT2D eigenvalue weighted by molar-refractivity contribution is -0.118. The lowest BCUT2D eigenvalue weighted by Crippen LogP contribution is -2.42. The molecule has 98 heavy (non-hydrogen) atoms. The summed E-state index contributed by atoms with van der Waals surface area (Å²) in [7, 11) is 2.70. The molecule has 1 aliphatic carbocycles. The van der Waals surface area contributed by atoms with Crippen molar-refractivity contribution in [2.75, 3.05) is 152 Å². The van der Waals surface area contributed by atoms with Crippen LogP contribution in [-0.4, -0.2) is 211 Å². The lowest BCUT2D eigenvalue weighted by atomic mass is 9.96. The number of carboxylic acids is 1. The van der Waals surface area contributed by atoms with Crippen molar-refractivity contribution in [3.8, 4) is 11.1 Å². The molecule has 6 heterocycles. The van der Waals surface area contributed by atoms with Crippen LogP contribution in [0.1, 0.15) is 95.6 Å². The highest BCUT2D eigenvalue weighted by atomic mass is 16.6. The monoisotopic (exact) mass is 1340 g/mol. The molecule has 3 saturated heterocycles. The number of aromatic carboxylic acids is 1. The van der Waals surface area contributed by atoms with E-state index in [4.69, 9.17) is 28.8 Å². The molecule has 13 rings (SSSR count). The Bertz CT molecular complexity index is 3930. The van der Waals surface area contributed by atoms with Crippen LogP contribution in [0, 0.1) is 0 Å². The van der Waals surface area contributed by atoms with Gasteiger partial charge in [-0.05, 0) is 144 Å². The number of nitrogens with zero attached hydrogens (tertiary/aromatic N) is 6. The van der Waals surface area contributed by atoms with E-state index in [1.54, 1.807) is 74.2 Å². The Labute approximate surface area is 570 Å². The Morgan fingerprint density at radius 1 is 0.459 bits per heavy atom. The zero-order valence-electron chi connectivity index (χ0n) is 56.3. The Hall–Kier alpha value is -9.49. The summed E-state index contributed by atoms with van der Waals surface area (Å²) in [4.78, 5) is 120. The second-order valence-corrected chi connectivity index (χ2v) is 25.7. The molecule has 23 nitrogen and oxygen atoms in total. The van der Waals surface area contributed by atoms with Crippen molar-refractivity contribution in [2.45, 2.75) is 64.9 Å². The Morgan fingerprint density at radius 3 is 1.34 bits per heavy atom. The number of rotatable bonds is 17. The summed E-state index contributed by atoms with van der Waals surface area (Å²) in [5.74, 6) is -1.39. The minimum atomic E-state index is -0.961. The number of amides is 4. The molecule has 516 valence electrons. The SMILES string of the molecule is CC(C)(C)OC(=O)Nc1ccc(-c2ccccc2)cc1CC(=O)c1ccc2c(c1)CC(=O)N2CCN1CCOCC1.COC(=O)c1ccc2c(c1)CC(=O)C2.COC(=O)c1ccc2c(c1)CC(=O)N2CCN1CCOCC1.O=C(O)c1ccc2c(c1)CC(=O)N2CCN1CCOCC1. The van der Waals surface area contributed by atoms with E-state index in [2.05, 4.69) is 24.8 Å². The molecule has 0 atom stereocenters. The van der Waals surface area contributed by atoms with E-state index in [0.717, 1.165) is 155 Å². The number of Topliss-reactive ketones (excluding diaryl/α,β-unsaturated/α-hetero) is 2. The van der Waals surface area contributed by atoms with Gasteiger partial charge in [0.1, 0.15) is 11.4 Å². The van der Waals surface area contributed by atoms with Crippen LogP contribution in [0.5, 0.6) is 0 Å². The van der Waals surface area contributed by atoms with Gasteiger partial charge in [-0.1, -0.05) is 42.5 Å². The third-order valence-corrected chi connectivity index (χ3v) is 17.9. The van der Waals surface area contributed by atoms with Gasteiger partial charge in [-0.3, -0.25) is 44.0 Å². The average Bonchev–Trinajstić information content (AvgIpc) is 1.64. The number of nitrogens with one attached hydrogen (secondary N) is 1. The molecular weight excluding hydrogens is 1250 g/mol. The minimum Gasteiger partial charge on any atom is -0.478 e. The van der Waals surface area contributed by atoms with Crippen LogP contribution in [0.25, 0.3) is 11.1 Å². The van der Waals surface area contributed by atoms with Crippen molar-refractivity contribution in [1.29, 1.82) is 0 Å². The predicted octanol–water partition coefficient (Wildman–Crippen LogP) is 7.79. The molecule has 0 bridgehead atoms. The van der Waals surface area contributed by atoms with E-state index >= 15 is 0 Å². The lowest BCUT2D eigenvalue weighted by Gasteiger charge is -2.28. The zero-order chi connectivity index (χ0) is 69.5. The van der Waals surface area contributed by atoms with Gasteiger partial charge in [0.25, 0.3) is 0 Å². The van der Waals surface area contributed by atoms with Crippen molar-refractivity contribution in [3.63, 3.8) is 0 Å². The van der Waals surface area contributed by atoms with Crippen LogP contribution in [0.15, 0.2) is 121 Å². The summed E-state index contributed by atoms with van der Waals surface area (Å²) >= 11 is 0. The molecule has 0 radical (unpaired) electrons. The first kappa shape index (κ1) is 71.3. The summed E-state index contributed by atoms with van der Waals surface area (Å²) in [6, 6.07) is 36.5. The maximum atomic E-state index is 13.6. The van der Waals surface area contributed by atoms with Crippen molar-refractivity contribution in [1.82, 2.24) is 14.7 Å². The van der Waals surface area contributed by atoms with Gasteiger partial charge in [0.15, 0.2) is 5.78 Å². The zero-order valence-corrected chi connectivity index (χ0v) is 56.3. The van der Waals surface area contributed by atoms with Crippen molar-refractivity contribution in [3.05, 3.63) is 177 Å². The third-order valence-electron chi connectivity index (χ3n) is 17.9. The van der Waals surface area contributed by atoms with Crippen LogP contribution >= 0.6 is 0 Å². The summed E-state index contributed by atoms with van der Waals surface area (Å²) in [6.07, 6.45) is 1.38. The van der Waals surface area contributed by atoms with Gasteiger partial charge in [-0.2, -0.15) is 0 Å². The number of benzene rings is 6. The molecule has 0 spiro atoms. The highest BCUT2D eigenvalue weighted by molar-refractivity contribution is 6.06. The third kappa shape index (κ3) is 18.8. The van der Waals surface area contributed by atoms with Crippen molar-refractivity contribution >= 4 is 76.0 Å². The highest BCUT2D eigenvalue weighted by Crippen LogP contribution is 2.34. The first-order chi connectivity index (χ1) is 47.2. The number of ether oxygens (including phenoxy) is 6. The molecular formula is C75H85N7O16. The fourth-order valence-electron chi connectivity index (χ4n) is 12.7. The number of ketones is 2. The van der Waals surface area contributed by atoms with E-state index in [-0.39, 0.29) is 59.6 Å². The van der Waals surface area contributed by atoms with Crippen molar-refractivity contribution in [2.24, 2.45) is 0 Å². The van der Waals surface area contributed by atoms with Crippen LogP contribution in [0.2, 0.25) is 0 Å². The molecule has 3 fully saturated rings. The van der Waals surface area contributed by atoms with Gasteiger partial charge in [-0.15, -0.1) is 0 Å². The largest absolute Gasteiger partial charge is 0.478 e. The summed E-state index contributed by atoms with van der Waals surface area (Å²) < 4.78 is 30.8. The van der Waals surface area contributed by atoms with Gasteiger partial charge in [0, 0.05) is 126 Å². The topological polar surface area (TPSA) is 261 Å². The summed E-state index contributed by atoms with van der Waals surface area (Å²) in [5, 5.41) is 11.8. The summed E-state index contributed by atoms with van der Waals surface area (Å²) in [5.41, 5.74) is 11.5. The Balaban J connectivity index is 0.000000154. The number of hydrogen-bond acceptors (Lipinski definition) is 18. The molecule has 23 heteroatoms. The molecule has 4 amide bonds. The van der Waals surface area contributed by atoms with Gasteiger partial charge in [-0.25, -0.2) is 19.2 Å². The van der Waals surface area contributed by atoms with E-state index < -0.39 is 17.7 Å². The second-order valence-electron chi connectivity index (χ2n) is 25.7. The number of carbonyl (C=O) groups excluding carboxylic acids is 8. The van der Waals surface area contributed by atoms with Crippen LogP contribution in [-0.2, 0) is 86.1 Å². The first-order valence-electron chi connectivity index (χ1n) is 33.2. The molecule has 2 N–H and O–H groups in total. The number of esters is 2. The number of morpholine rings is 3. The van der Waals surface area contributed by atoms with E-state index in [1.165, 1.54) is 14.2 Å². The van der Waals surface area contributed by atoms with E-state index in [9.17, 15) is 43.2 Å². The predicted molar refractivity (Wildman–Crippen MR) is 368 cm³/mol. The average molecular weight is 1340 g/mol. The minimum absolute atomic E-state index is 0.0424. The maximum Gasteiger partial charge on any atom is 0.412 e. The second kappa shape index (κ2) is 33.2. The maximum absolute atomic E-state index is 13.6. The van der Waals surface area contributed by atoms with E-state index in [0.29, 0.717) is 73.3 Å². The summed E-state index contributed by atoms with van der Waals surface area (Å²) in [6.45, 7) is 19.6. The molecule has 6 aromatic carbocycles. The number of carboxylic acid groups (broad SMARTS) is 1. The Morgan fingerprint density at radius 2 is 0.878 bits per heavy atom.